The van der Waals surface area contributed by atoms with Crippen LogP contribution in [0.4, 0.5) is 10.7 Å². The number of rotatable bonds is 1. The van der Waals surface area contributed by atoms with Gasteiger partial charge in [0.05, 0.1) is 17.4 Å². The molecule has 0 bridgehead atoms. The van der Waals surface area contributed by atoms with Crippen LogP contribution < -0.4 is 10.6 Å². The monoisotopic (exact) mass is 255 g/mol. The Morgan fingerprint density at radius 2 is 1.94 bits per heavy atom. The number of carbonyl (C=O) groups is 1. The number of halogens is 1. The molecule has 92 valence electrons. The molecule has 0 aromatic carbocycles. The van der Waals surface area contributed by atoms with E-state index in [0.717, 1.165) is 13.0 Å². The van der Waals surface area contributed by atoms with Crippen LogP contribution in [0.3, 0.4) is 0 Å². The fourth-order valence-electron chi connectivity index (χ4n) is 1.81. The zero-order valence-corrected chi connectivity index (χ0v) is 10.1. The summed E-state index contributed by atoms with van der Waals surface area (Å²) in [4.78, 5) is 23.1. The van der Waals surface area contributed by atoms with Crippen LogP contribution in [-0.4, -0.2) is 47.1 Å². The van der Waals surface area contributed by atoms with E-state index in [0.29, 0.717) is 30.6 Å². The van der Waals surface area contributed by atoms with Gasteiger partial charge in [-0.25, -0.2) is 14.8 Å². The van der Waals surface area contributed by atoms with Crippen molar-refractivity contribution >= 4 is 23.6 Å². The first kappa shape index (κ1) is 11.9. The standard InChI is InChI=1S/C10H14ClN5O/c11-8-6-13-10(14-7-8)16-3-1-2-15(4-5-16)9(12)17/h6-7H,1-5H2,(H2,12,17). The van der Waals surface area contributed by atoms with Gasteiger partial charge in [0.25, 0.3) is 0 Å². The lowest BCUT2D eigenvalue weighted by atomic mass is 10.4. The summed E-state index contributed by atoms with van der Waals surface area (Å²) in [5.74, 6) is 0.640. The normalized spacial score (nSPS) is 16.8. The third kappa shape index (κ3) is 2.97. The van der Waals surface area contributed by atoms with Gasteiger partial charge in [0, 0.05) is 26.2 Å². The zero-order chi connectivity index (χ0) is 12.3. The first-order chi connectivity index (χ1) is 8.16. The van der Waals surface area contributed by atoms with Gasteiger partial charge in [-0.1, -0.05) is 11.6 Å². The Balaban J connectivity index is 2.03. The Labute approximate surface area is 104 Å². The molecule has 0 aliphatic carbocycles. The predicted octanol–water partition coefficient (Wildman–Crippen LogP) is 0.721. The summed E-state index contributed by atoms with van der Waals surface area (Å²) in [5, 5.41) is 0.516. The second-order valence-corrected chi connectivity index (χ2v) is 4.30. The van der Waals surface area contributed by atoms with Gasteiger partial charge in [-0.15, -0.1) is 0 Å². The Morgan fingerprint density at radius 1 is 1.24 bits per heavy atom. The van der Waals surface area contributed by atoms with Crippen molar-refractivity contribution in [2.75, 3.05) is 31.1 Å². The van der Waals surface area contributed by atoms with Gasteiger partial charge >= 0.3 is 6.03 Å². The molecule has 1 aromatic heterocycles. The lowest BCUT2D eigenvalue weighted by Gasteiger charge is -2.20. The average Bonchev–Trinajstić information content (AvgIpc) is 2.55. The van der Waals surface area contributed by atoms with E-state index in [1.54, 1.807) is 17.3 Å². The first-order valence-electron chi connectivity index (χ1n) is 5.43. The fourth-order valence-corrected chi connectivity index (χ4v) is 1.90. The van der Waals surface area contributed by atoms with Crippen LogP contribution in [0.5, 0.6) is 0 Å². The number of nitrogens with two attached hydrogens (primary N) is 1. The molecule has 2 heterocycles. The molecule has 0 spiro atoms. The second-order valence-electron chi connectivity index (χ2n) is 3.87. The van der Waals surface area contributed by atoms with E-state index in [1.165, 1.54) is 0 Å². The van der Waals surface area contributed by atoms with Crippen LogP contribution in [0.1, 0.15) is 6.42 Å². The number of hydrogen-bond donors (Lipinski definition) is 1. The molecule has 2 amide bonds. The van der Waals surface area contributed by atoms with Gasteiger partial charge in [0.15, 0.2) is 0 Å². The molecule has 1 aliphatic rings. The number of hydrogen-bond acceptors (Lipinski definition) is 4. The third-order valence-electron chi connectivity index (χ3n) is 2.70. The maximum atomic E-state index is 11.1. The molecule has 1 aliphatic heterocycles. The van der Waals surface area contributed by atoms with Gasteiger partial charge in [0.1, 0.15) is 0 Å². The summed E-state index contributed by atoms with van der Waals surface area (Å²) in [7, 11) is 0. The van der Waals surface area contributed by atoms with Crippen LogP contribution in [-0.2, 0) is 0 Å². The van der Waals surface area contributed by atoms with Gasteiger partial charge in [-0.05, 0) is 6.42 Å². The average molecular weight is 256 g/mol. The fraction of sp³-hybridized carbons (Fsp3) is 0.500. The highest BCUT2D eigenvalue weighted by atomic mass is 35.5. The van der Waals surface area contributed by atoms with Crippen molar-refractivity contribution < 1.29 is 4.79 Å². The molecular formula is C10H14ClN5O. The largest absolute Gasteiger partial charge is 0.351 e. The van der Waals surface area contributed by atoms with E-state index in [2.05, 4.69) is 9.97 Å². The van der Waals surface area contributed by atoms with Gasteiger partial charge in [0.2, 0.25) is 5.95 Å². The van der Waals surface area contributed by atoms with Crippen molar-refractivity contribution in [1.29, 1.82) is 0 Å². The molecule has 2 rings (SSSR count). The van der Waals surface area contributed by atoms with Crippen LogP contribution in [0, 0.1) is 0 Å². The number of urea groups is 1. The smallest absolute Gasteiger partial charge is 0.314 e. The summed E-state index contributed by atoms with van der Waals surface area (Å²) in [6.45, 7) is 2.77. The molecule has 0 unspecified atom stereocenters. The first-order valence-corrected chi connectivity index (χ1v) is 5.81. The van der Waals surface area contributed by atoms with E-state index in [1.807, 2.05) is 4.90 Å². The highest BCUT2D eigenvalue weighted by molar-refractivity contribution is 6.30. The minimum atomic E-state index is -0.371. The number of nitrogens with zero attached hydrogens (tertiary/aromatic N) is 4. The molecule has 2 N–H and O–H groups in total. The Kier molecular flexibility index (Phi) is 3.63. The third-order valence-corrected chi connectivity index (χ3v) is 2.89. The molecular weight excluding hydrogens is 242 g/mol. The molecule has 1 aromatic rings. The molecule has 1 saturated heterocycles. The topological polar surface area (TPSA) is 75.4 Å². The lowest BCUT2D eigenvalue weighted by molar-refractivity contribution is 0.211. The van der Waals surface area contributed by atoms with Crippen LogP contribution in [0.15, 0.2) is 12.4 Å². The highest BCUT2D eigenvalue weighted by Gasteiger charge is 2.18. The second kappa shape index (κ2) is 5.18. The predicted molar refractivity (Wildman–Crippen MR) is 65.0 cm³/mol. The van der Waals surface area contributed by atoms with E-state index in [-0.39, 0.29) is 6.03 Å². The minimum absolute atomic E-state index is 0.371. The Bertz CT molecular complexity index is 396. The van der Waals surface area contributed by atoms with Crippen molar-refractivity contribution in [3.05, 3.63) is 17.4 Å². The van der Waals surface area contributed by atoms with Crippen molar-refractivity contribution in [3.8, 4) is 0 Å². The molecule has 17 heavy (non-hydrogen) atoms. The molecule has 1 fully saturated rings. The quantitative estimate of drug-likeness (QED) is 0.802. The van der Waals surface area contributed by atoms with E-state index in [9.17, 15) is 4.79 Å². The van der Waals surface area contributed by atoms with E-state index in [4.69, 9.17) is 17.3 Å². The summed E-state index contributed by atoms with van der Waals surface area (Å²) in [5.41, 5.74) is 5.26. The van der Waals surface area contributed by atoms with Crippen LogP contribution in [0.2, 0.25) is 5.02 Å². The minimum Gasteiger partial charge on any atom is -0.351 e. The summed E-state index contributed by atoms with van der Waals surface area (Å²) in [6, 6.07) is -0.371. The Hall–Kier alpha value is -1.56. The molecule has 0 atom stereocenters. The number of primary amides is 1. The maximum absolute atomic E-state index is 11.1. The van der Waals surface area contributed by atoms with Gasteiger partial charge in [-0.3, -0.25) is 0 Å². The maximum Gasteiger partial charge on any atom is 0.314 e. The summed E-state index contributed by atoms with van der Waals surface area (Å²) in [6.07, 6.45) is 4.00. The molecule has 0 saturated carbocycles. The van der Waals surface area contributed by atoms with E-state index < -0.39 is 0 Å². The SMILES string of the molecule is NC(=O)N1CCCN(c2ncc(Cl)cn2)CC1. The number of carbonyl (C=O) groups excluding carboxylic acids is 1. The van der Waals surface area contributed by atoms with Gasteiger partial charge in [-0.2, -0.15) is 0 Å². The summed E-state index contributed by atoms with van der Waals surface area (Å²) < 4.78 is 0. The zero-order valence-electron chi connectivity index (χ0n) is 9.34. The molecule has 0 radical (unpaired) electrons. The summed E-state index contributed by atoms with van der Waals surface area (Å²) >= 11 is 5.73. The Morgan fingerprint density at radius 3 is 2.59 bits per heavy atom. The van der Waals surface area contributed by atoms with Crippen LogP contribution >= 0.6 is 11.6 Å². The van der Waals surface area contributed by atoms with Crippen LogP contribution in [0.25, 0.3) is 0 Å². The molecule has 7 heteroatoms. The number of amides is 2. The molecule has 6 nitrogen and oxygen atoms in total. The van der Waals surface area contributed by atoms with Gasteiger partial charge < -0.3 is 15.5 Å². The van der Waals surface area contributed by atoms with E-state index >= 15 is 0 Å². The van der Waals surface area contributed by atoms with Crippen molar-refractivity contribution in [2.24, 2.45) is 5.73 Å². The number of aromatic nitrogens is 2. The highest BCUT2D eigenvalue weighted by Crippen LogP contribution is 2.12. The van der Waals surface area contributed by atoms with Crippen molar-refractivity contribution in [3.63, 3.8) is 0 Å². The van der Waals surface area contributed by atoms with Crippen molar-refractivity contribution in [2.45, 2.75) is 6.42 Å². The lowest BCUT2D eigenvalue weighted by Crippen LogP contribution is -2.38. The number of anilines is 1. The van der Waals surface area contributed by atoms with Crippen molar-refractivity contribution in [1.82, 2.24) is 14.9 Å².